The SMILES string of the molecule is CCCOC(C)=O.CCO.CCOC(O)CC. The Morgan fingerprint density at radius 2 is 1.71 bits per heavy atom. The molecule has 0 fully saturated rings. The predicted octanol–water partition coefficient (Wildman–Crippen LogP) is 1.71. The van der Waals surface area contributed by atoms with Crippen molar-refractivity contribution in [1.82, 2.24) is 0 Å². The number of esters is 1. The lowest BCUT2D eigenvalue weighted by Crippen LogP contribution is -2.08. The lowest BCUT2D eigenvalue weighted by molar-refractivity contribution is -0.140. The first-order valence-corrected chi connectivity index (χ1v) is 6.03. The fourth-order valence-electron chi connectivity index (χ4n) is 0.556. The predicted molar refractivity (Wildman–Crippen MR) is 67.6 cm³/mol. The van der Waals surface area contributed by atoms with Crippen LogP contribution in [-0.4, -0.2) is 42.3 Å². The molecule has 0 spiro atoms. The molecule has 0 aromatic rings. The van der Waals surface area contributed by atoms with E-state index in [1.165, 1.54) is 6.92 Å². The van der Waals surface area contributed by atoms with E-state index in [-0.39, 0.29) is 12.6 Å². The van der Waals surface area contributed by atoms with Crippen LogP contribution in [-0.2, 0) is 14.3 Å². The van der Waals surface area contributed by atoms with Gasteiger partial charge in [0.15, 0.2) is 6.29 Å². The number of hydrogen-bond acceptors (Lipinski definition) is 5. The average molecular weight is 252 g/mol. The van der Waals surface area contributed by atoms with Gasteiger partial charge in [0, 0.05) is 20.1 Å². The second kappa shape index (κ2) is 20.7. The van der Waals surface area contributed by atoms with Gasteiger partial charge in [-0.15, -0.1) is 0 Å². The highest BCUT2D eigenvalue weighted by Crippen LogP contribution is 1.89. The quantitative estimate of drug-likeness (QED) is 0.575. The summed E-state index contributed by atoms with van der Waals surface area (Å²) in [5.74, 6) is -0.193. The van der Waals surface area contributed by atoms with E-state index in [4.69, 9.17) is 14.9 Å². The first-order chi connectivity index (χ1) is 7.99. The third-order valence-corrected chi connectivity index (χ3v) is 1.22. The van der Waals surface area contributed by atoms with Crippen LogP contribution in [0.3, 0.4) is 0 Å². The Labute approximate surface area is 105 Å². The van der Waals surface area contributed by atoms with Crippen LogP contribution in [0.1, 0.15) is 47.5 Å². The fraction of sp³-hybridized carbons (Fsp3) is 0.917. The van der Waals surface area contributed by atoms with Crippen LogP contribution in [0, 0.1) is 0 Å². The van der Waals surface area contributed by atoms with Crippen molar-refractivity contribution in [2.45, 2.75) is 53.8 Å². The van der Waals surface area contributed by atoms with Crippen molar-refractivity contribution in [3.63, 3.8) is 0 Å². The molecule has 0 radical (unpaired) electrons. The molecule has 0 amide bonds. The van der Waals surface area contributed by atoms with E-state index in [1.807, 2.05) is 20.8 Å². The summed E-state index contributed by atoms with van der Waals surface area (Å²) in [7, 11) is 0. The molecule has 106 valence electrons. The molecule has 5 nitrogen and oxygen atoms in total. The highest BCUT2D eigenvalue weighted by molar-refractivity contribution is 5.65. The minimum Gasteiger partial charge on any atom is -0.466 e. The maximum absolute atomic E-state index is 9.98. The Kier molecular flexibility index (Phi) is 26.4. The summed E-state index contributed by atoms with van der Waals surface area (Å²) in [6, 6.07) is 0. The van der Waals surface area contributed by atoms with E-state index < -0.39 is 6.29 Å². The number of carbonyl (C=O) groups excluding carboxylic acids is 1. The zero-order chi connectivity index (χ0) is 14.1. The van der Waals surface area contributed by atoms with Crippen molar-refractivity contribution in [2.75, 3.05) is 19.8 Å². The highest BCUT2D eigenvalue weighted by Gasteiger charge is 1.93. The van der Waals surface area contributed by atoms with Gasteiger partial charge in [-0.3, -0.25) is 4.79 Å². The van der Waals surface area contributed by atoms with Crippen molar-refractivity contribution in [3.05, 3.63) is 0 Å². The molecule has 1 atom stereocenters. The van der Waals surface area contributed by atoms with Gasteiger partial charge in [-0.25, -0.2) is 0 Å². The minimum absolute atomic E-state index is 0.193. The molecule has 1 unspecified atom stereocenters. The van der Waals surface area contributed by atoms with Crippen LogP contribution in [0.25, 0.3) is 0 Å². The van der Waals surface area contributed by atoms with Gasteiger partial charge in [-0.2, -0.15) is 0 Å². The molecule has 0 heterocycles. The topological polar surface area (TPSA) is 76.0 Å². The molecule has 0 aromatic carbocycles. The van der Waals surface area contributed by atoms with Crippen LogP contribution < -0.4 is 0 Å². The summed E-state index contributed by atoms with van der Waals surface area (Å²) in [5.41, 5.74) is 0. The van der Waals surface area contributed by atoms with Crippen molar-refractivity contribution in [1.29, 1.82) is 0 Å². The molecule has 0 aliphatic rings. The highest BCUT2D eigenvalue weighted by atomic mass is 16.6. The Bertz CT molecular complexity index is 139. The van der Waals surface area contributed by atoms with Crippen LogP contribution in [0.15, 0.2) is 0 Å². The second-order valence-corrected chi connectivity index (χ2v) is 2.97. The van der Waals surface area contributed by atoms with Gasteiger partial charge >= 0.3 is 5.97 Å². The summed E-state index contributed by atoms with van der Waals surface area (Å²) in [6.07, 6.45) is 1.03. The Hall–Kier alpha value is -0.650. The third kappa shape index (κ3) is 39.2. The van der Waals surface area contributed by atoms with Crippen molar-refractivity contribution in [2.24, 2.45) is 0 Å². The molecule has 0 saturated carbocycles. The molecule has 0 aliphatic heterocycles. The molecule has 0 aromatic heterocycles. The van der Waals surface area contributed by atoms with Gasteiger partial charge < -0.3 is 19.7 Å². The van der Waals surface area contributed by atoms with E-state index in [9.17, 15) is 4.79 Å². The molecule has 0 rings (SSSR count). The summed E-state index contributed by atoms with van der Waals surface area (Å²) >= 11 is 0. The van der Waals surface area contributed by atoms with Crippen molar-refractivity contribution in [3.8, 4) is 0 Å². The van der Waals surface area contributed by atoms with E-state index in [0.717, 1.165) is 6.42 Å². The molecule has 0 aliphatic carbocycles. The number of aliphatic hydroxyl groups excluding tert-OH is 2. The zero-order valence-corrected chi connectivity index (χ0v) is 11.7. The molecule has 2 N–H and O–H groups in total. The molecular weight excluding hydrogens is 224 g/mol. The van der Waals surface area contributed by atoms with Gasteiger partial charge in [0.1, 0.15) is 0 Å². The summed E-state index contributed by atoms with van der Waals surface area (Å²) in [4.78, 5) is 9.98. The van der Waals surface area contributed by atoms with Gasteiger partial charge in [0.2, 0.25) is 0 Å². The maximum atomic E-state index is 9.98. The molecule has 5 heteroatoms. The van der Waals surface area contributed by atoms with Crippen LogP contribution in [0.5, 0.6) is 0 Å². The van der Waals surface area contributed by atoms with E-state index >= 15 is 0 Å². The smallest absolute Gasteiger partial charge is 0.302 e. The van der Waals surface area contributed by atoms with Crippen LogP contribution >= 0.6 is 0 Å². The largest absolute Gasteiger partial charge is 0.466 e. The van der Waals surface area contributed by atoms with Crippen molar-refractivity contribution >= 4 is 5.97 Å². The number of ether oxygens (including phenoxy) is 2. The average Bonchev–Trinajstić information content (AvgIpc) is 2.28. The Balaban J connectivity index is -0.000000188. The van der Waals surface area contributed by atoms with Crippen LogP contribution in [0.4, 0.5) is 0 Å². The van der Waals surface area contributed by atoms with E-state index in [0.29, 0.717) is 19.6 Å². The van der Waals surface area contributed by atoms with Gasteiger partial charge in [0.05, 0.1) is 6.61 Å². The lowest BCUT2D eigenvalue weighted by atomic mass is 10.5. The van der Waals surface area contributed by atoms with E-state index in [2.05, 4.69) is 4.74 Å². The van der Waals surface area contributed by atoms with E-state index in [1.54, 1.807) is 6.92 Å². The number of rotatable bonds is 5. The molecular formula is C12H28O5. The second-order valence-electron chi connectivity index (χ2n) is 2.97. The minimum atomic E-state index is -0.551. The summed E-state index contributed by atoms with van der Waals surface area (Å²) < 4.78 is 9.30. The number of hydrogen-bond donors (Lipinski definition) is 2. The normalized spacial score (nSPS) is 10.3. The van der Waals surface area contributed by atoms with Crippen LogP contribution in [0.2, 0.25) is 0 Å². The number of carbonyl (C=O) groups is 1. The van der Waals surface area contributed by atoms with Gasteiger partial charge in [-0.05, 0) is 26.7 Å². The number of aliphatic hydroxyl groups is 2. The first kappa shape index (κ1) is 21.6. The monoisotopic (exact) mass is 252 g/mol. The first-order valence-electron chi connectivity index (χ1n) is 6.03. The molecule has 17 heavy (non-hydrogen) atoms. The summed E-state index contributed by atoms with van der Waals surface area (Å²) in [6.45, 7) is 10.2. The lowest BCUT2D eigenvalue weighted by Gasteiger charge is -2.04. The maximum Gasteiger partial charge on any atom is 0.302 e. The molecule has 0 saturated heterocycles. The van der Waals surface area contributed by atoms with Crippen molar-refractivity contribution < 1.29 is 24.5 Å². The standard InChI is InChI=1S/C5H10O2.C5H12O2.C2H6O/c1-3-4-7-5(2)6;1-3-5(6)7-4-2;1-2-3/h3-4H2,1-2H3;5-6H,3-4H2,1-2H3;3H,2H2,1H3. The Morgan fingerprint density at radius 1 is 1.24 bits per heavy atom. The fourth-order valence-corrected chi connectivity index (χ4v) is 0.556. The zero-order valence-electron chi connectivity index (χ0n) is 11.7. The summed E-state index contributed by atoms with van der Waals surface area (Å²) in [5, 5.41) is 16.2. The third-order valence-electron chi connectivity index (χ3n) is 1.22. The molecule has 0 bridgehead atoms. The Morgan fingerprint density at radius 3 is 1.82 bits per heavy atom. The van der Waals surface area contributed by atoms with Gasteiger partial charge in [-0.1, -0.05) is 13.8 Å². The van der Waals surface area contributed by atoms with Gasteiger partial charge in [0.25, 0.3) is 0 Å².